The Morgan fingerprint density at radius 3 is 2.40 bits per heavy atom. The van der Waals surface area contributed by atoms with Crippen molar-refractivity contribution in [2.24, 2.45) is 10.8 Å². The molecule has 0 aromatic carbocycles. The van der Waals surface area contributed by atoms with Crippen LogP contribution in [0.4, 0.5) is 0 Å². The maximum atomic E-state index is 9.41. The minimum atomic E-state index is 0.223. The van der Waals surface area contributed by atoms with Gasteiger partial charge in [0.05, 0.1) is 6.61 Å². The summed E-state index contributed by atoms with van der Waals surface area (Å²) in [6.45, 7) is 9.43. The lowest BCUT2D eigenvalue weighted by Gasteiger charge is -2.36. The van der Waals surface area contributed by atoms with Gasteiger partial charge in [-0.15, -0.1) is 0 Å². The maximum Gasteiger partial charge on any atom is 0.0647 e. The molecule has 1 nitrogen and oxygen atoms in total. The highest BCUT2D eigenvalue weighted by atomic mass is 16.3. The molecule has 0 radical (unpaired) electrons. The van der Waals surface area contributed by atoms with E-state index in [0.717, 1.165) is 6.42 Å². The lowest BCUT2D eigenvalue weighted by Crippen LogP contribution is -2.29. The minimum Gasteiger partial charge on any atom is -0.392 e. The molecule has 1 atom stereocenters. The van der Waals surface area contributed by atoms with E-state index in [9.17, 15) is 5.11 Å². The van der Waals surface area contributed by atoms with Gasteiger partial charge in [-0.25, -0.2) is 0 Å². The van der Waals surface area contributed by atoms with Crippen LogP contribution < -0.4 is 0 Å². The number of aliphatic hydroxyl groups excluding tert-OH is 1. The van der Waals surface area contributed by atoms with Gasteiger partial charge in [-0.05, 0) is 35.8 Å². The first-order valence-corrected chi connectivity index (χ1v) is 6.01. The third-order valence-electron chi connectivity index (χ3n) is 4.99. The van der Waals surface area contributed by atoms with Crippen molar-refractivity contribution in [2.45, 2.75) is 47.0 Å². The van der Waals surface area contributed by atoms with Crippen LogP contribution in [0, 0.1) is 10.8 Å². The van der Waals surface area contributed by atoms with Gasteiger partial charge in [0.25, 0.3) is 0 Å². The average molecular weight is 206 g/mol. The first-order chi connectivity index (χ1) is 6.97. The zero-order valence-electron chi connectivity index (χ0n) is 10.4. The van der Waals surface area contributed by atoms with Crippen LogP contribution in [0.3, 0.4) is 0 Å². The zero-order chi connectivity index (χ0) is 11.3. The molecule has 2 aliphatic rings. The van der Waals surface area contributed by atoms with Gasteiger partial charge in [0.2, 0.25) is 0 Å². The molecule has 0 heterocycles. The van der Waals surface area contributed by atoms with E-state index < -0.39 is 0 Å². The smallest absolute Gasteiger partial charge is 0.0647 e. The Hall–Kier alpha value is -0.560. The predicted molar refractivity (Wildman–Crippen MR) is 63.6 cm³/mol. The van der Waals surface area contributed by atoms with Crippen LogP contribution in [0.1, 0.15) is 47.0 Å². The van der Waals surface area contributed by atoms with Crippen LogP contribution in [-0.2, 0) is 0 Å². The van der Waals surface area contributed by atoms with Crippen LogP contribution in [0.25, 0.3) is 0 Å². The van der Waals surface area contributed by atoms with Crippen molar-refractivity contribution in [1.82, 2.24) is 0 Å². The molecule has 1 heteroatoms. The lowest BCUT2D eigenvalue weighted by atomic mass is 9.67. The van der Waals surface area contributed by atoms with Crippen LogP contribution >= 0.6 is 0 Å². The quantitative estimate of drug-likeness (QED) is 0.733. The summed E-state index contributed by atoms with van der Waals surface area (Å²) in [6, 6.07) is 0. The third kappa shape index (κ3) is 1.19. The summed E-state index contributed by atoms with van der Waals surface area (Å²) >= 11 is 0. The van der Waals surface area contributed by atoms with Crippen molar-refractivity contribution >= 4 is 0 Å². The van der Waals surface area contributed by atoms with Crippen molar-refractivity contribution in [1.29, 1.82) is 0 Å². The van der Waals surface area contributed by atoms with Crippen LogP contribution in [0.15, 0.2) is 22.8 Å². The number of rotatable bonds is 2. The van der Waals surface area contributed by atoms with E-state index in [4.69, 9.17) is 0 Å². The molecule has 0 amide bonds. The second-order valence-electron chi connectivity index (χ2n) is 5.66. The highest BCUT2D eigenvalue weighted by molar-refractivity contribution is 5.50. The first kappa shape index (κ1) is 10.9. The van der Waals surface area contributed by atoms with Gasteiger partial charge < -0.3 is 5.11 Å². The van der Waals surface area contributed by atoms with Crippen molar-refractivity contribution in [3.05, 3.63) is 22.8 Å². The van der Waals surface area contributed by atoms with Crippen molar-refractivity contribution in [3.63, 3.8) is 0 Å². The summed E-state index contributed by atoms with van der Waals surface area (Å²) in [6.07, 6.45) is 5.83. The van der Waals surface area contributed by atoms with E-state index in [1.807, 2.05) is 0 Å². The van der Waals surface area contributed by atoms with Crippen LogP contribution in [0.2, 0.25) is 0 Å². The van der Waals surface area contributed by atoms with E-state index in [1.54, 1.807) is 5.57 Å². The molecule has 1 unspecified atom stereocenters. The second-order valence-corrected chi connectivity index (χ2v) is 5.66. The molecule has 15 heavy (non-hydrogen) atoms. The van der Waals surface area contributed by atoms with Crippen molar-refractivity contribution in [2.75, 3.05) is 6.61 Å². The third-order valence-corrected chi connectivity index (χ3v) is 4.99. The summed E-state index contributed by atoms with van der Waals surface area (Å²) < 4.78 is 0. The molecule has 0 aromatic heterocycles. The molecule has 2 rings (SSSR count). The van der Waals surface area contributed by atoms with Gasteiger partial charge in [0.15, 0.2) is 0 Å². The van der Waals surface area contributed by atoms with Gasteiger partial charge in [-0.2, -0.15) is 0 Å². The molecule has 1 fully saturated rings. The first-order valence-electron chi connectivity index (χ1n) is 6.01. The summed E-state index contributed by atoms with van der Waals surface area (Å²) in [7, 11) is 0. The number of aliphatic hydroxyl groups is 1. The molecular weight excluding hydrogens is 184 g/mol. The maximum absolute atomic E-state index is 9.41. The molecular formula is C14H22O. The standard InChI is InChI=1S/C14H22O/c1-5-10(9-15)12-8-11-6-7-14(12,4)13(11,2)3/h8,15H,5-7,9H2,1-4H3. The van der Waals surface area contributed by atoms with Gasteiger partial charge in [0, 0.05) is 5.41 Å². The van der Waals surface area contributed by atoms with E-state index >= 15 is 0 Å². The van der Waals surface area contributed by atoms with E-state index in [-0.39, 0.29) is 12.0 Å². The molecule has 2 aliphatic carbocycles. The monoisotopic (exact) mass is 206 g/mol. The van der Waals surface area contributed by atoms with E-state index in [0.29, 0.717) is 5.41 Å². The zero-order valence-corrected chi connectivity index (χ0v) is 10.4. The van der Waals surface area contributed by atoms with Crippen LogP contribution in [0.5, 0.6) is 0 Å². The summed E-state index contributed by atoms with van der Waals surface area (Å²) in [5, 5.41) is 9.41. The minimum absolute atomic E-state index is 0.223. The highest BCUT2D eigenvalue weighted by Gasteiger charge is 2.54. The van der Waals surface area contributed by atoms with Gasteiger partial charge >= 0.3 is 0 Å². The molecule has 1 saturated carbocycles. The Balaban J connectivity index is 2.54. The molecule has 0 saturated heterocycles. The molecule has 0 spiro atoms. The average Bonchev–Trinajstić information content (AvgIpc) is 2.52. The predicted octanol–water partition coefficient (Wildman–Crippen LogP) is 3.45. The number of fused-ring (bicyclic) bond motifs is 2. The largest absolute Gasteiger partial charge is 0.392 e. The van der Waals surface area contributed by atoms with Crippen molar-refractivity contribution in [3.8, 4) is 0 Å². The van der Waals surface area contributed by atoms with Gasteiger partial charge in [0.1, 0.15) is 0 Å². The Morgan fingerprint density at radius 1 is 1.40 bits per heavy atom. The second kappa shape index (κ2) is 3.21. The Morgan fingerprint density at radius 2 is 2.07 bits per heavy atom. The Labute approximate surface area is 92.9 Å². The topological polar surface area (TPSA) is 20.2 Å². The fourth-order valence-electron chi connectivity index (χ4n) is 3.30. The molecule has 0 aliphatic heterocycles. The Kier molecular flexibility index (Phi) is 2.34. The van der Waals surface area contributed by atoms with E-state index in [2.05, 4.69) is 33.8 Å². The van der Waals surface area contributed by atoms with Gasteiger partial charge in [-0.1, -0.05) is 39.3 Å². The number of hydrogen-bond acceptors (Lipinski definition) is 1. The van der Waals surface area contributed by atoms with Gasteiger partial charge in [-0.3, -0.25) is 0 Å². The van der Waals surface area contributed by atoms with Crippen molar-refractivity contribution < 1.29 is 5.11 Å². The molecule has 2 bridgehead atoms. The number of allylic oxidation sites excluding steroid dienone is 3. The molecule has 0 aromatic rings. The number of hydrogen-bond donors (Lipinski definition) is 1. The fourth-order valence-corrected chi connectivity index (χ4v) is 3.30. The normalized spacial score (nSPS) is 35.7. The Bertz CT molecular complexity index is 340. The SMILES string of the molecule is CCC(CO)=C1C=C2CCC1(C)C2(C)C. The summed E-state index contributed by atoms with van der Waals surface area (Å²) in [5.41, 5.74) is 4.83. The molecule has 1 N–H and O–H groups in total. The highest BCUT2D eigenvalue weighted by Crippen LogP contribution is 2.65. The summed E-state index contributed by atoms with van der Waals surface area (Å²) in [5.74, 6) is 0. The summed E-state index contributed by atoms with van der Waals surface area (Å²) in [4.78, 5) is 0. The van der Waals surface area contributed by atoms with E-state index in [1.165, 1.54) is 24.0 Å². The van der Waals surface area contributed by atoms with Crippen LogP contribution in [-0.4, -0.2) is 11.7 Å². The fraction of sp³-hybridized carbons (Fsp3) is 0.714. The lowest BCUT2D eigenvalue weighted by molar-refractivity contribution is 0.225. The molecule has 84 valence electrons.